The minimum absolute atomic E-state index is 0.0188. The number of benzene rings is 1. The van der Waals surface area contributed by atoms with Crippen LogP contribution in [0.3, 0.4) is 0 Å². The average Bonchev–Trinajstić information content (AvgIpc) is 2.78. The summed E-state index contributed by atoms with van der Waals surface area (Å²) in [5.74, 6) is -0.501. The number of aromatic hydroxyl groups is 1. The van der Waals surface area contributed by atoms with Crippen LogP contribution in [0, 0.1) is 10.1 Å². The lowest BCUT2D eigenvalue weighted by atomic mass is 10.3. The van der Waals surface area contributed by atoms with Crippen molar-refractivity contribution in [1.82, 2.24) is 4.98 Å². The zero-order valence-corrected chi connectivity index (χ0v) is 9.08. The highest BCUT2D eigenvalue weighted by Crippen LogP contribution is 2.17. The number of hydrogen-bond acceptors (Lipinski definition) is 4. The average molecular weight is 247 g/mol. The molecule has 92 valence electrons. The number of phenolic OH excluding ortho intramolecular Hbond substituents is 1. The lowest BCUT2D eigenvalue weighted by Crippen LogP contribution is -2.11. The van der Waals surface area contributed by atoms with Gasteiger partial charge < -0.3 is 15.4 Å². The maximum atomic E-state index is 11.7. The Hall–Kier alpha value is -2.83. The van der Waals surface area contributed by atoms with Crippen LogP contribution in [0.15, 0.2) is 36.5 Å². The zero-order chi connectivity index (χ0) is 13.1. The Morgan fingerprint density at radius 3 is 2.78 bits per heavy atom. The van der Waals surface area contributed by atoms with Crippen LogP contribution >= 0.6 is 0 Å². The molecule has 0 aliphatic carbocycles. The summed E-state index contributed by atoms with van der Waals surface area (Å²) in [7, 11) is 0. The topological polar surface area (TPSA) is 108 Å². The Morgan fingerprint density at radius 1 is 1.39 bits per heavy atom. The molecule has 0 atom stereocenters. The van der Waals surface area contributed by atoms with Gasteiger partial charge in [0.05, 0.1) is 11.1 Å². The van der Waals surface area contributed by atoms with Gasteiger partial charge in [0.15, 0.2) is 0 Å². The summed E-state index contributed by atoms with van der Waals surface area (Å²) < 4.78 is 0. The minimum atomic E-state index is -0.596. The van der Waals surface area contributed by atoms with Gasteiger partial charge in [0.1, 0.15) is 11.4 Å². The number of amides is 1. The van der Waals surface area contributed by atoms with Crippen molar-refractivity contribution < 1.29 is 14.8 Å². The Morgan fingerprint density at radius 2 is 2.17 bits per heavy atom. The predicted octanol–water partition coefficient (Wildman–Crippen LogP) is 1.88. The Labute approximate surface area is 101 Å². The maximum absolute atomic E-state index is 11.7. The molecule has 0 aliphatic rings. The van der Waals surface area contributed by atoms with Gasteiger partial charge in [-0.2, -0.15) is 0 Å². The molecule has 0 saturated carbocycles. The number of nitro groups is 1. The molecular formula is C11H9N3O4. The molecule has 0 saturated heterocycles. The molecule has 7 nitrogen and oxygen atoms in total. The summed E-state index contributed by atoms with van der Waals surface area (Å²) in [6, 6.07) is 7.14. The molecule has 0 bridgehead atoms. The van der Waals surface area contributed by atoms with E-state index in [1.54, 1.807) is 12.1 Å². The second kappa shape index (κ2) is 4.58. The second-order valence-corrected chi connectivity index (χ2v) is 3.53. The van der Waals surface area contributed by atoms with E-state index in [0.717, 1.165) is 12.3 Å². The molecular weight excluding hydrogens is 238 g/mol. The number of rotatable bonds is 3. The smallest absolute Gasteiger partial charge is 0.287 e. The van der Waals surface area contributed by atoms with Gasteiger partial charge in [0, 0.05) is 17.8 Å². The first kappa shape index (κ1) is 11.6. The summed E-state index contributed by atoms with van der Waals surface area (Å²) in [5.41, 5.74) is 0.290. The highest BCUT2D eigenvalue weighted by Gasteiger charge is 2.14. The minimum Gasteiger partial charge on any atom is -0.508 e. The van der Waals surface area contributed by atoms with Crippen LogP contribution in [-0.4, -0.2) is 20.9 Å². The van der Waals surface area contributed by atoms with Crippen LogP contribution in [-0.2, 0) is 0 Å². The summed E-state index contributed by atoms with van der Waals surface area (Å²) in [5, 5.41) is 22.2. The van der Waals surface area contributed by atoms with Gasteiger partial charge >= 0.3 is 0 Å². The Bertz CT molecular complexity index is 606. The van der Waals surface area contributed by atoms with E-state index in [0.29, 0.717) is 5.69 Å². The van der Waals surface area contributed by atoms with Gasteiger partial charge in [-0.05, 0) is 12.1 Å². The van der Waals surface area contributed by atoms with Crippen molar-refractivity contribution in [1.29, 1.82) is 0 Å². The molecule has 2 rings (SSSR count). The van der Waals surface area contributed by atoms with Crippen LogP contribution in [0.2, 0.25) is 0 Å². The van der Waals surface area contributed by atoms with Gasteiger partial charge in [-0.1, -0.05) is 6.07 Å². The van der Waals surface area contributed by atoms with E-state index in [9.17, 15) is 20.0 Å². The normalized spacial score (nSPS) is 10.0. The van der Waals surface area contributed by atoms with E-state index < -0.39 is 10.8 Å². The highest BCUT2D eigenvalue weighted by molar-refractivity contribution is 6.03. The van der Waals surface area contributed by atoms with Crippen molar-refractivity contribution in [2.24, 2.45) is 0 Å². The van der Waals surface area contributed by atoms with E-state index in [4.69, 9.17) is 0 Å². The van der Waals surface area contributed by atoms with Crippen LogP contribution in [0.25, 0.3) is 0 Å². The molecule has 0 aliphatic heterocycles. The molecule has 0 fully saturated rings. The number of carbonyl (C=O) groups is 1. The van der Waals surface area contributed by atoms with E-state index in [1.165, 1.54) is 12.1 Å². The summed E-state index contributed by atoms with van der Waals surface area (Å²) in [4.78, 5) is 24.1. The number of nitrogens with zero attached hydrogens (tertiary/aromatic N) is 1. The molecule has 7 heteroatoms. The first-order chi connectivity index (χ1) is 8.56. The van der Waals surface area contributed by atoms with E-state index in [-0.39, 0.29) is 17.1 Å². The number of carbonyl (C=O) groups excluding carboxylic acids is 1. The van der Waals surface area contributed by atoms with Gasteiger partial charge in [0.25, 0.3) is 11.6 Å². The molecule has 3 N–H and O–H groups in total. The Kier molecular flexibility index (Phi) is 2.96. The summed E-state index contributed by atoms with van der Waals surface area (Å²) in [6.07, 6.45) is 1.14. The van der Waals surface area contributed by atoms with Crippen LogP contribution < -0.4 is 5.32 Å². The van der Waals surface area contributed by atoms with E-state index >= 15 is 0 Å². The van der Waals surface area contributed by atoms with Crippen LogP contribution in [0.4, 0.5) is 11.4 Å². The van der Waals surface area contributed by atoms with Crippen molar-refractivity contribution in [3.63, 3.8) is 0 Å². The molecule has 0 radical (unpaired) electrons. The maximum Gasteiger partial charge on any atom is 0.287 e. The molecule has 2 aromatic rings. The van der Waals surface area contributed by atoms with E-state index in [1.807, 2.05) is 0 Å². The number of anilines is 1. The number of phenols is 1. The van der Waals surface area contributed by atoms with Crippen molar-refractivity contribution in [2.45, 2.75) is 0 Å². The second-order valence-electron chi connectivity index (χ2n) is 3.53. The molecule has 18 heavy (non-hydrogen) atoms. The van der Waals surface area contributed by atoms with E-state index in [2.05, 4.69) is 10.3 Å². The van der Waals surface area contributed by atoms with Crippen molar-refractivity contribution in [3.05, 3.63) is 52.3 Å². The summed E-state index contributed by atoms with van der Waals surface area (Å²) >= 11 is 0. The fraction of sp³-hybridized carbons (Fsp3) is 0. The van der Waals surface area contributed by atoms with Crippen LogP contribution in [0.5, 0.6) is 5.75 Å². The molecule has 1 aromatic carbocycles. The quantitative estimate of drug-likeness (QED) is 0.568. The van der Waals surface area contributed by atoms with Crippen molar-refractivity contribution in [3.8, 4) is 5.75 Å². The Balaban J connectivity index is 2.14. The fourth-order valence-corrected chi connectivity index (χ4v) is 1.40. The van der Waals surface area contributed by atoms with Crippen molar-refractivity contribution >= 4 is 17.3 Å². The molecule has 1 heterocycles. The number of H-pyrrole nitrogens is 1. The van der Waals surface area contributed by atoms with Gasteiger partial charge in [0.2, 0.25) is 0 Å². The fourth-order valence-electron chi connectivity index (χ4n) is 1.40. The zero-order valence-electron chi connectivity index (χ0n) is 9.08. The standard InChI is InChI=1S/C11H9N3O4/c15-9-3-1-2-7(4-9)13-11(16)10-5-8(6-12-10)14(17)18/h1-6,12,15H,(H,13,16). The summed E-state index contributed by atoms with van der Waals surface area (Å²) in [6.45, 7) is 0. The third-order valence-corrected chi connectivity index (χ3v) is 2.23. The third kappa shape index (κ3) is 2.46. The lowest BCUT2D eigenvalue weighted by molar-refractivity contribution is -0.384. The SMILES string of the molecule is O=C(Nc1cccc(O)c1)c1cc([N+](=O)[O-])c[nH]1. The lowest BCUT2D eigenvalue weighted by Gasteiger charge is -2.03. The van der Waals surface area contributed by atoms with Gasteiger partial charge in [-0.3, -0.25) is 14.9 Å². The molecule has 1 amide bonds. The molecule has 0 spiro atoms. The predicted molar refractivity (Wildman–Crippen MR) is 63.5 cm³/mol. The largest absolute Gasteiger partial charge is 0.508 e. The third-order valence-electron chi connectivity index (χ3n) is 2.23. The first-order valence-electron chi connectivity index (χ1n) is 4.99. The molecule has 1 aromatic heterocycles. The monoisotopic (exact) mass is 247 g/mol. The highest BCUT2D eigenvalue weighted by atomic mass is 16.6. The number of hydrogen-bond donors (Lipinski definition) is 3. The molecule has 0 unspecified atom stereocenters. The van der Waals surface area contributed by atoms with Crippen molar-refractivity contribution in [2.75, 3.05) is 5.32 Å². The number of aromatic amines is 1. The number of aromatic nitrogens is 1. The first-order valence-corrected chi connectivity index (χ1v) is 4.99. The van der Waals surface area contributed by atoms with Gasteiger partial charge in [-0.25, -0.2) is 0 Å². The van der Waals surface area contributed by atoms with Crippen LogP contribution in [0.1, 0.15) is 10.5 Å². The number of nitrogens with one attached hydrogen (secondary N) is 2. The van der Waals surface area contributed by atoms with Gasteiger partial charge in [-0.15, -0.1) is 0 Å².